The second-order valence-electron chi connectivity index (χ2n) is 4.86. The minimum Gasteiger partial charge on any atom is -0.490 e. The van der Waals surface area contributed by atoms with Gasteiger partial charge in [-0.15, -0.1) is 0 Å². The van der Waals surface area contributed by atoms with Crippen molar-refractivity contribution >= 4 is 0 Å². The molecular weight excluding hydrogens is 203 g/mol. The second-order valence-corrected chi connectivity index (χ2v) is 4.86. The molecule has 16 heavy (non-hydrogen) atoms. The molecule has 0 amide bonds. The van der Waals surface area contributed by atoms with E-state index in [0.717, 1.165) is 24.2 Å². The summed E-state index contributed by atoms with van der Waals surface area (Å²) in [5, 5.41) is 0. The van der Waals surface area contributed by atoms with Gasteiger partial charge in [-0.3, -0.25) is 0 Å². The van der Waals surface area contributed by atoms with Crippen LogP contribution in [0.1, 0.15) is 51.0 Å². The molecule has 0 spiro atoms. The summed E-state index contributed by atoms with van der Waals surface area (Å²) in [6.07, 6.45) is 5.11. The first-order valence-corrected chi connectivity index (χ1v) is 6.13. The lowest BCUT2D eigenvalue weighted by atomic mass is 10.0. The Kier molecular flexibility index (Phi) is 3.47. The van der Waals surface area contributed by atoms with Gasteiger partial charge in [-0.1, -0.05) is 13.8 Å². The molecule has 2 rings (SSSR count). The van der Waals surface area contributed by atoms with Crippen molar-refractivity contribution in [1.82, 2.24) is 0 Å². The van der Waals surface area contributed by atoms with Crippen molar-refractivity contribution in [3.8, 4) is 5.75 Å². The van der Waals surface area contributed by atoms with Crippen LogP contribution in [0.15, 0.2) is 18.2 Å². The molecule has 0 aromatic heterocycles. The maximum Gasteiger partial charge on any atom is 0.123 e. The van der Waals surface area contributed by atoms with Gasteiger partial charge in [-0.05, 0) is 55.4 Å². The molecule has 2 heteroatoms. The smallest absolute Gasteiger partial charge is 0.123 e. The van der Waals surface area contributed by atoms with Crippen LogP contribution >= 0.6 is 0 Å². The van der Waals surface area contributed by atoms with Gasteiger partial charge in [0.2, 0.25) is 0 Å². The SMILES string of the molecule is CC(C)c1cc(F)ccc1OC1CCCC1. The topological polar surface area (TPSA) is 9.23 Å². The van der Waals surface area contributed by atoms with E-state index in [4.69, 9.17) is 4.74 Å². The summed E-state index contributed by atoms with van der Waals surface area (Å²) >= 11 is 0. The van der Waals surface area contributed by atoms with Gasteiger partial charge in [0, 0.05) is 0 Å². The molecule has 0 N–H and O–H groups in total. The Balaban J connectivity index is 2.18. The zero-order valence-electron chi connectivity index (χ0n) is 10.0. The van der Waals surface area contributed by atoms with Crippen molar-refractivity contribution in [1.29, 1.82) is 0 Å². The van der Waals surface area contributed by atoms with Gasteiger partial charge < -0.3 is 4.74 Å². The van der Waals surface area contributed by atoms with Gasteiger partial charge in [-0.25, -0.2) is 4.39 Å². The summed E-state index contributed by atoms with van der Waals surface area (Å²) in [4.78, 5) is 0. The molecule has 0 atom stereocenters. The summed E-state index contributed by atoms with van der Waals surface area (Å²) in [7, 11) is 0. The molecule has 0 aliphatic heterocycles. The quantitative estimate of drug-likeness (QED) is 0.742. The Morgan fingerprint density at radius 2 is 1.94 bits per heavy atom. The zero-order chi connectivity index (χ0) is 11.5. The number of halogens is 1. The van der Waals surface area contributed by atoms with E-state index in [1.165, 1.54) is 18.9 Å². The van der Waals surface area contributed by atoms with Gasteiger partial charge in [0.25, 0.3) is 0 Å². The summed E-state index contributed by atoms with van der Waals surface area (Å²) < 4.78 is 19.1. The molecular formula is C14H19FO. The van der Waals surface area contributed by atoms with E-state index in [1.807, 2.05) is 0 Å². The molecule has 1 nitrogen and oxygen atoms in total. The second kappa shape index (κ2) is 4.86. The lowest BCUT2D eigenvalue weighted by molar-refractivity contribution is 0.207. The minimum atomic E-state index is -0.178. The number of benzene rings is 1. The largest absolute Gasteiger partial charge is 0.490 e. The Morgan fingerprint density at radius 3 is 2.56 bits per heavy atom. The van der Waals surface area contributed by atoms with Crippen LogP contribution in [0.25, 0.3) is 0 Å². The highest BCUT2D eigenvalue weighted by molar-refractivity contribution is 5.36. The van der Waals surface area contributed by atoms with Crippen LogP contribution in [0.4, 0.5) is 4.39 Å². The first-order valence-electron chi connectivity index (χ1n) is 6.13. The van der Waals surface area contributed by atoms with Crippen LogP contribution in [-0.4, -0.2) is 6.10 Å². The molecule has 1 fully saturated rings. The summed E-state index contributed by atoms with van der Waals surface area (Å²) in [5.41, 5.74) is 0.979. The van der Waals surface area contributed by atoms with E-state index in [-0.39, 0.29) is 5.82 Å². The molecule has 1 aliphatic carbocycles. The molecule has 0 radical (unpaired) electrons. The molecule has 1 aromatic rings. The zero-order valence-corrected chi connectivity index (χ0v) is 10.0. The Labute approximate surface area is 96.6 Å². The van der Waals surface area contributed by atoms with Gasteiger partial charge >= 0.3 is 0 Å². The highest BCUT2D eigenvalue weighted by Gasteiger charge is 2.18. The number of hydrogen-bond donors (Lipinski definition) is 0. The standard InChI is InChI=1S/C14H19FO/c1-10(2)13-9-11(15)7-8-14(13)16-12-5-3-4-6-12/h7-10,12H,3-6H2,1-2H3. The van der Waals surface area contributed by atoms with Crippen molar-refractivity contribution in [3.05, 3.63) is 29.6 Å². The van der Waals surface area contributed by atoms with E-state index >= 15 is 0 Å². The third-order valence-electron chi connectivity index (χ3n) is 3.19. The number of hydrogen-bond acceptors (Lipinski definition) is 1. The summed E-state index contributed by atoms with van der Waals surface area (Å²) in [6, 6.07) is 4.84. The predicted octanol–water partition coefficient (Wildman–Crippen LogP) is 4.27. The van der Waals surface area contributed by atoms with Gasteiger partial charge in [0.15, 0.2) is 0 Å². The fourth-order valence-corrected chi connectivity index (χ4v) is 2.26. The first kappa shape index (κ1) is 11.4. The van der Waals surface area contributed by atoms with Crippen LogP contribution in [0.5, 0.6) is 5.75 Å². The third kappa shape index (κ3) is 2.55. The summed E-state index contributed by atoms with van der Waals surface area (Å²) in [5.74, 6) is 0.984. The lowest BCUT2D eigenvalue weighted by Gasteiger charge is -2.18. The maximum atomic E-state index is 13.2. The molecule has 0 heterocycles. The van der Waals surface area contributed by atoms with Crippen LogP contribution in [-0.2, 0) is 0 Å². The molecule has 1 aliphatic rings. The van der Waals surface area contributed by atoms with E-state index in [0.29, 0.717) is 12.0 Å². The Morgan fingerprint density at radius 1 is 1.25 bits per heavy atom. The van der Waals surface area contributed by atoms with E-state index in [2.05, 4.69) is 13.8 Å². The lowest BCUT2D eigenvalue weighted by Crippen LogP contribution is -2.12. The average molecular weight is 222 g/mol. The van der Waals surface area contributed by atoms with Crippen molar-refractivity contribution < 1.29 is 9.13 Å². The molecule has 1 saturated carbocycles. The number of ether oxygens (including phenoxy) is 1. The van der Waals surface area contributed by atoms with Crippen molar-refractivity contribution in [2.24, 2.45) is 0 Å². The van der Waals surface area contributed by atoms with Crippen molar-refractivity contribution in [2.45, 2.75) is 51.6 Å². The van der Waals surface area contributed by atoms with Crippen molar-refractivity contribution in [2.75, 3.05) is 0 Å². The van der Waals surface area contributed by atoms with Crippen LogP contribution in [0.3, 0.4) is 0 Å². The molecule has 0 bridgehead atoms. The van der Waals surface area contributed by atoms with Gasteiger partial charge in [0.1, 0.15) is 11.6 Å². The minimum absolute atomic E-state index is 0.178. The van der Waals surface area contributed by atoms with Crippen molar-refractivity contribution in [3.63, 3.8) is 0 Å². The monoisotopic (exact) mass is 222 g/mol. The normalized spacial score (nSPS) is 17.0. The van der Waals surface area contributed by atoms with Crippen LogP contribution < -0.4 is 4.74 Å². The van der Waals surface area contributed by atoms with E-state index in [1.54, 1.807) is 12.1 Å². The Bertz CT molecular complexity index is 354. The fraction of sp³-hybridized carbons (Fsp3) is 0.571. The van der Waals surface area contributed by atoms with E-state index in [9.17, 15) is 4.39 Å². The molecule has 0 saturated heterocycles. The Hall–Kier alpha value is -1.05. The predicted molar refractivity (Wildman–Crippen MR) is 63.4 cm³/mol. The number of rotatable bonds is 3. The summed E-state index contributed by atoms with van der Waals surface area (Å²) in [6.45, 7) is 4.13. The van der Waals surface area contributed by atoms with Gasteiger partial charge in [-0.2, -0.15) is 0 Å². The highest BCUT2D eigenvalue weighted by atomic mass is 19.1. The first-order chi connectivity index (χ1) is 7.66. The maximum absolute atomic E-state index is 13.2. The van der Waals surface area contributed by atoms with E-state index < -0.39 is 0 Å². The van der Waals surface area contributed by atoms with Crippen LogP contribution in [0, 0.1) is 5.82 Å². The fourth-order valence-electron chi connectivity index (χ4n) is 2.26. The molecule has 1 aromatic carbocycles. The van der Waals surface area contributed by atoms with Crippen LogP contribution in [0.2, 0.25) is 0 Å². The average Bonchev–Trinajstić information content (AvgIpc) is 2.73. The third-order valence-corrected chi connectivity index (χ3v) is 3.19. The van der Waals surface area contributed by atoms with Gasteiger partial charge in [0.05, 0.1) is 6.10 Å². The molecule has 88 valence electrons. The molecule has 0 unspecified atom stereocenters. The highest BCUT2D eigenvalue weighted by Crippen LogP contribution is 2.31.